The van der Waals surface area contributed by atoms with Gasteiger partial charge in [-0.25, -0.2) is 14.2 Å². The number of nitrogens with zero attached hydrogens (tertiary/aromatic N) is 7. The number of hydrogen-bond acceptors (Lipinski definition) is 7. The highest BCUT2D eigenvalue weighted by molar-refractivity contribution is 6.30. The molecule has 0 unspecified atom stereocenters. The van der Waals surface area contributed by atoms with E-state index in [1.165, 1.54) is 0 Å². The average molecular weight is 461 g/mol. The highest BCUT2D eigenvalue weighted by Crippen LogP contribution is 2.35. The molecule has 1 aromatic carbocycles. The topological polar surface area (TPSA) is 85.4 Å². The van der Waals surface area contributed by atoms with Crippen molar-refractivity contribution in [3.05, 3.63) is 60.1 Å². The number of nitrogens with one attached hydrogen (secondary N) is 1. The first-order valence-corrected chi connectivity index (χ1v) is 11.1. The molecule has 0 radical (unpaired) electrons. The fourth-order valence-electron chi connectivity index (χ4n) is 4.27. The van der Waals surface area contributed by atoms with E-state index in [4.69, 9.17) is 26.4 Å². The highest BCUT2D eigenvalue weighted by atomic mass is 35.5. The van der Waals surface area contributed by atoms with Crippen molar-refractivity contribution in [2.75, 3.05) is 38.2 Å². The van der Waals surface area contributed by atoms with Gasteiger partial charge in [0.05, 0.1) is 35.5 Å². The molecule has 33 heavy (non-hydrogen) atoms. The molecular formula is C23H21ClN8O. The van der Waals surface area contributed by atoms with Crippen LogP contribution in [-0.4, -0.2) is 62.7 Å². The quantitative estimate of drug-likeness (QED) is 0.440. The van der Waals surface area contributed by atoms with E-state index in [9.17, 15) is 0 Å². The number of aromatic nitrogens is 6. The third-order valence-electron chi connectivity index (χ3n) is 5.89. The van der Waals surface area contributed by atoms with Crippen LogP contribution in [0.4, 0.5) is 5.82 Å². The molecule has 1 fully saturated rings. The maximum atomic E-state index is 6.36. The van der Waals surface area contributed by atoms with Gasteiger partial charge in [-0.05, 0) is 30.3 Å². The van der Waals surface area contributed by atoms with Crippen molar-refractivity contribution in [3.8, 4) is 22.7 Å². The molecule has 0 saturated carbocycles. The molecule has 9 nitrogen and oxygen atoms in total. The molecule has 1 aliphatic heterocycles. The Morgan fingerprint density at radius 1 is 1.09 bits per heavy atom. The molecule has 0 bridgehead atoms. The number of pyridine rings is 1. The minimum Gasteiger partial charge on any atom is -0.494 e. The van der Waals surface area contributed by atoms with Crippen LogP contribution in [0.5, 0.6) is 5.75 Å². The van der Waals surface area contributed by atoms with E-state index < -0.39 is 0 Å². The van der Waals surface area contributed by atoms with Crippen LogP contribution in [0.2, 0.25) is 5.02 Å². The van der Waals surface area contributed by atoms with Crippen LogP contribution in [0.1, 0.15) is 0 Å². The number of ether oxygens (including phenoxy) is 1. The van der Waals surface area contributed by atoms with E-state index in [0.717, 1.165) is 65.5 Å². The Bertz CT molecular complexity index is 1470. The van der Waals surface area contributed by atoms with E-state index in [2.05, 4.69) is 20.3 Å². The summed E-state index contributed by atoms with van der Waals surface area (Å²) in [6.07, 6.45) is 7.29. The Hall–Kier alpha value is -3.69. The smallest absolute Gasteiger partial charge is 0.164 e. The molecule has 10 heteroatoms. The lowest BCUT2D eigenvalue weighted by molar-refractivity contribution is 0.412. The number of benzene rings is 1. The van der Waals surface area contributed by atoms with Crippen molar-refractivity contribution in [3.63, 3.8) is 0 Å². The molecule has 1 N–H and O–H groups in total. The number of hydrogen-bond donors (Lipinski definition) is 1. The lowest BCUT2D eigenvalue weighted by Crippen LogP contribution is -2.43. The first kappa shape index (κ1) is 20.0. The van der Waals surface area contributed by atoms with Gasteiger partial charge in [-0.1, -0.05) is 11.6 Å². The molecule has 1 saturated heterocycles. The predicted octanol–water partition coefficient (Wildman–Crippen LogP) is 3.20. The van der Waals surface area contributed by atoms with Crippen molar-refractivity contribution >= 4 is 34.0 Å². The van der Waals surface area contributed by atoms with Crippen molar-refractivity contribution < 1.29 is 4.74 Å². The Kier molecular flexibility index (Phi) is 4.85. The molecule has 0 atom stereocenters. The SMILES string of the molecule is COc1ccc(Cl)cc1-n1nc(N2CCNCC2)c2cnc(-c3cnn4cccnc34)cc21. The number of piperazine rings is 1. The van der Waals surface area contributed by atoms with Crippen LogP contribution in [0, 0.1) is 0 Å². The molecule has 4 aromatic heterocycles. The van der Waals surface area contributed by atoms with E-state index in [1.54, 1.807) is 24.0 Å². The summed E-state index contributed by atoms with van der Waals surface area (Å²) in [5.74, 6) is 1.58. The van der Waals surface area contributed by atoms with Crippen LogP contribution in [-0.2, 0) is 0 Å². The second kappa shape index (κ2) is 8.02. The van der Waals surface area contributed by atoms with Crippen molar-refractivity contribution in [1.29, 1.82) is 0 Å². The van der Waals surface area contributed by atoms with Crippen LogP contribution in [0.15, 0.2) is 55.1 Å². The Balaban J connectivity index is 1.59. The molecule has 1 aliphatic rings. The highest BCUT2D eigenvalue weighted by Gasteiger charge is 2.22. The van der Waals surface area contributed by atoms with Gasteiger partial charge < -0.3 is 15.0 Å². The molecule has 5 heterocycles. The summed E-state index contributed by atoms with van der Waals surface area (Å²) in [4.78, 5) is 11.5. The zero-order valence-electron chi connectivity index (χ0n) is 17.9. The first-order chi connectivity index (χ1) is 16.2. The normalized spacial score (nSPS) is 14.3. The summed E-state index contributed by atoms with van der Waals surface area (Å²) in [5.41, 5.74) is 4.05. The summed E-state index contributed by atoms with van der Waals surface area (Å²) in [6.45, 7) is 3.57. The molecule has 166 valence electrons. The van der Waals surface area contributed by atoms with Gasteiger partial charge in [0.15, 0.2) is 11.5 Å². The summed E-state index contributed by atoms with van der Waals surface area (Å²) in [5, 5.41) is 14.4. The zero-order valence-corrected chi connectivity index (χ0v) is 18.7. The van der Waals surface area contributed by atoms with E-state index in [1.807, 2.05) is 47.4 Å². The lowest BCUT2D eigenvalue weighted by atomic mass is 10.1. The van der Waals surface area contributed by atoms with Gasteiger partial charge >= 0.3 is 0 Å². The van der Waals surface area contributed by atoms with Crippen molar-refractivity contribution in [2.24, 2.45) is 0 Å². The van der Waals surface area contributed by atoms with Gasteiger partial charge in [-0.15, -0.1) is 5.10 Å². The number of halogens is 1. The monoisotopic (exact) mass is 460 g/mol. The van der Waals surface area contributed by atoms with Crippen LogP contribution >= 0.6 is 11.6 Å². The second-order valence-corrected chi connectivity index (χ2v) is 8.26. The van der Waals surface area contributed by atoms with Gasteiger partial charge in [0, 0.05) is 49.8 Å². The maximum absolute atomic E-state index is 6.36. The van der Waals surface area contributed by atoms with E-state index in [0.29, 0.717) is 10.8 Å². The second-order valence-electron chi connectivity index (χ2n) is 7.82. The molecule has 0 aliphatic carbocycles. The summed E-state index contributed by atoms with van der Waals surface area (Å²) < 4.78 is 9.27. The standard InChI is InChI=1S/C23H21ClN8O/c1-33-21-4-3-15(24)11-20(21)32-19-12-18(16-14-28-31-8-2-5-26-22(16)31)27-13-17(19)23(29-32)30-9-6-25-7-10-30/h2-5,8,11-14,25H,6-7,9-10H2,1H3. The largest absolute Gasteiger partial charge is 0.494 e. The minimum absolute atomic E-state index is 0.610. The summed E-state index contributed by atoms with van der Waals surface area (Å²) >= 11 is 6.36. The molecule has 0 amide bonds. The zero-order chi connectivity index (χ0) is 22.4. The molecular weight excluding hydrogens is 440 g/mol. The third kappa shape index (κ3) is 3.37. The summed E-state index contributed by atoms with van der Waals surface area (Å²) in [7, 11) is 1.65. The third-order valence-corrected chi connectivity index (χ3v) is 6.12. The number of fused-ring (bicyclic) bond motifs is 2. The van der Waals surface area contributed by atoms with Crippen LogP contribution in [0.3, 0.4) is 0 Å². The van der Waals surface area contributed by atoms with E-state index in [-0.39, 0.29) is 0 Å². The van der Waals surface area contributed by atoms with Crippen LogP contribution in [0.25, 0.3) is 33.5 Å². The van der Waals surface area contributed by atoms with Gasteiger partial charge in [-0.3, -0.25) is 4.98 Å². The molecule has 6 rings (SSSR count). The van der Waals surface area contributed by atoms with Gasteiger partial charge in [0.25, 0.3) is 0 Å². The number of anilines is 1. The average Bonchev–Trinajstić information content (AvgIpc) is 3.46. The lowest BCUT2D eigenvalue weighted by Gasteiger charge is -2.27. The summed E-state index contributed by atoms with van der Waals surface area (Å²) in [6, 6.07) is 9.41. The fraction of sp³-hybridized carbons (Fsp3) is 0.217. The Labute approximate surface area is 194 Å². The first-order valence-electron chi connectivity index (χ1n) is 10.7. The van der Waals surface area contributed by atoms with Crippen LogP contribution < -0.4 is 15.0 Å². The van der Waals surface area contributed by atoms with Crippen molar-refractivity contribution in [2.45, 2.75) is 0 Å². The maximum Gasteiger partial charge on any atom is 0.164 e. The van der Waals surface area contributed by atoms with Gasteiger partial charge in [0.2, 0.25) is 0 Å². The Morgan fingerprint density at radius 3 is 2.82 bits per heavy atom. The number of rotatable bonds is 4. The minimum atomic E-state index is 0.610. The van der Waals surface area contributed by atoms with E-state index >= 15 is 0 Å². The molecule has 0 spiro atoms. The van der Waals surface area contributed by atoms with Gasteiger partial charge in [-0.2, -0.15) is 5.10 Å². The van der Waals surface area contributed by atoms with Crippen molar-refractivity contribution in [1.82, 2.24) is 34.7 Å². The Morgan fingerprint density at radius 2 is 1.97 bits per heavy atom. The predicted molar refractivity (Wildman–Crippen MR) is 127 cm³/mol. The fourth-order valence-corrected chi connectivity index (χ4v) is 4.44. The molecule has 5 aromatic rings. The number of methoxy groups -OCH3 is 1. The van der Waals surface area contributed by atoms with Gasteiger partial charge in [0.1, 0.15) is 11.4 Å².